The van der Waals surface area contributed by atoms with E-state index < -0.39 is 5.97 Å². The molecule has 0 aliphatic rings. The molecular weight excluding hydrogens is 193 g/mol. The molecule has 5 heteroatoms. The fourth-order valence-electron chi connectivity index (χ4n) is 0. The van der Waals surface area contributed by atoms with E-state index in [0.717, 1.165) is 6.92 Å². The molecule has 0 aliphatic carbocycles. The second kappa shape index (κ2) is 16.1. The van der Waals surface area contributed by atoms with E-state index in [1.807, 2.05) is 15.9 Å². The molecule has 0 unspecified atom stereocenters. The summed E-state index contributed by atoms with van der Waals surface area (Å²) >= 11 is 2.00. The maximum atomic E-state index is 9.00. The fraction of sp³-hybridized carbons (Fsp3) is 0.500. The predicted octanol–water partition coefficient (Wildman–Crippen LogP) is -0.0329. The van der Waals surface area contributed by atoms with Crippen molar-refractivity contribution in [3.05, 3.63) is 0 Å². The molecule has 3 nitrogen and oxygen atoms in total. The second-order valence-electron chi connectivity index (χ2n) is 0.519. The van der Waals surface area contributed by atoms with Crippen LogP contribution in [0.3, 0.4) is 0 Å². The van der Waals surface area contributed by atoms with Gasteiger partial charge in [-0.15, -0.1) is 0 Å². The average molecular weight is 197 g/mol. The van der Waals surface area contributed by atoms with Crippen LogP contribution in [0.5, 0.6) is 0 Å². The number of carboxylic acid groups (broad SMARTS) is 1. The zero-order valence-electron chi connectivity index (χ0n) is 3.82. The molecule has 0 rings (SSSR count). The summed E-state index contributed by atoms with van der Waals surface area (Å²) < 4.78 is 8.00. The first kappa shape index (κ1) is 15.7. The van der Waals surface area contributed by atoms with Crippen molar-refractivity contribution in [2.75, 3.05) is 0 Å². The maximum Gasteiger partial charge on any atom is 0 e. The van der Waals surface area contributed by atoms with Crippen molar-refractivity contribution in [3.8, 4) is 0 Å². The Hall–Kier alpha value is 0.413. The van der Waals surface area contributed by atoms with Gasteiger partial charge in [-0.05, 0) is 0 Å². The van der Waals surface area contributed by atoms with Gasteiger partial charge < -0.3 is 5.11 Å². The number of carbonyl (C=O) groups is 1. The Balaban J connectivity index is -0.0000000480. The first-order valence-corrected chi connectivity index (χ1v) is 1.52. The maximum absolute atomic E-state index is 9.00. The van der Waals surface area contributed by atoms with E-state index in [9.17, 15) is 0 Å². The molecule has 7 heavy (non-hydrogen) atoms. The van der Waals surface area contributed by atoms with Crippen LogP contribution in [0.1, 0.15) is 6.92 Å². The zero-order chi connectivity index (χ0) is 5.58. The van der Waals surface area contributed by atoms with Gasteiger partial charge >= 0.3 is 19.8 Å². The normalized spacial score (nSPS) is 4.29. The number of rotatable bonds is 0. The molecule has 1 N–H and O–H groups in total. The van der Waals surface area contributed by atoms with E-state index in [1.54, 1.807) is 0 Å². The van der Waals surface area contributed by atoms with Crippen LogP contribution >= 0.6 is 0 Å². The molecule has 0 bridgehead atoms. The minimum atomic E-state index is -0.833. The summed E-state index contributed by atoms with van der Waals surface area (Å²) in [6.07, 6.45) is 0. The molecule has 0 spiro atoms. The molecule has 0 aromatic rings. The first-order chi connectivity index (χ1) is 2.73. The minimum absolute atomic E-state index is 0. The van der Waals surface area contributed by atoms with Crippen molar-refractivity contribution in [1.29, 1.82) is 0 Å². The van der Waals surface area contributed by atoms with Gasteiger partial charge in [0.1, 0.15) is 0 Å². The number of aliphatic carboxylic acids is 1. The van der Waals surface area contributed by atoms with Gasteiger partial charge in [0.2, 0.25) is 0 Å². The molecule has 0 aromatic heterocycles. The zero-order valence-corrected chi connectivity index (χ0v) is 7.90. The van der Waals surface area contributed by atoms with Crippen LogP contribution in [0.25, 0.3) is 0 Å². The van der Waals surface area contributed by atoms with Crippen LogP contribution in [0, 0.1) is 0 Å². The molecule has 0 heterocycles. The van der Waals surface area contributed by atoms with Crippen LogP contribution in [0.4, 0.5) is 0 Å². The van der Waals surface area contributed by atoms with Crippen molar-refractivity contribution in [1.82, 2.24) is 0 Å². The van der Waals surface area contributed by atoms with Crippen molar-refractivity contribution in [2.24, 2.45) is 0 Å². The minimum Gasteiger partial charge on any atom is 0 e. The second-order valence-corrected chi connectivity index (χ2v) is 0.519. The van der Waals surface area contributed by atoms with E-state index in [0.29, 0.717) is 0 Å². The standard InChI is InChI=1S/C2H4O2.Fe.O.Zn/c1-2(3)4;;;/h1H3,(H,3,4);;;. The smallest absolute Gasteiger partial charge is 0 e. The Morgan fingerprint density at radius 2 is 1.57 bits per heavy atom. The van der Waals surface area contributed by atoms with Gasteiger partial charge in [-0.1, -0.05) is 0 Å². The van der Waals surface area contributed by atoms with Crippen molar-refractivity contribution in [3.63, 3.8) is 0 Å². The molecule has 0 saturated carbocycles. The Bertz CT molecular complexity index is 44.2. The van der Waals surface area contributed by atoms with Crippen molar-refractivity contribution >= 4 is 5.97 Å². The Morgan fingerprint density at radius 1 is 1.57 bits per heavy atom. The molecule has 0 fully saturated rings. The van der Waals surface area contributed by atoms with E-state index >= 15 is 0 Å². The molecule has 0 atom stereocenters. The SMILES string of the molecule is CC(=O)O.[O]=[Fe].[Zn]. The van der Waals surface area contributed by atoms with Gasteiger partial charge in [0.15, 0.2) is 0 Å². The molecule has 0 radical (unpaired) electrons. The van der Waals surface area contributed by atoms with Gasteiger partial charge in [0, 0.05) is 26.4 Å². The van der Waals surface area contributed by atoms with Gasteiger partial charge in [-0.25, -0.2) is 0 Å². The third kappa shape index (κ3) is 733. The predicted molar refractivity (Wildman–Crippen MR) is 14.0 cm³/mol. The molecule has 0 amide bonds. The van der Waals surface area contributed by atoms with E-state index in [4.69, 9.17) is 13.7 Å². The fourth-order valence-corrected chi connectivity index (χ4v) is 0. The van der Waals surface area contributed by atoms with Crippen LogP contribution < -0.4 is 0 Å². The van der Waals surface area contributed by atoms with Gasteiger partial charge in [0.05, 0.1) is 0 Å². The van der Waals surface area contributed by atoms with Crippen LogP contribution in [-0.2, 0) is 44.1 Å². The van der Waals surface area contributed by atoms with Crippen LogP contribution in [0.2, 0.25) is 0 Å². The quantitative estimate of drug-likeness (QED) is 0.555. The van der Waals surface area contributed by atoms with Crippen molar-refractivity contribution < 1.29 is 49.2 Å². The molecule has 0 aliphatic heterocycles. The summed E-state index contributed by atoms with van der Waals surface area (Å²) in [4.78, 5) is 9.00. The third-order valence-electron chi connectivity index (χ3n) is 0. The average Bonchev–Trinajstić information content (AvgIpc) is 1.41. The summed E-state index contributed by atoms with van der Waals surface area (Å²) in [5.74, 6) is -0.833. The summed E-state index contributed by atoms with van der Waals surface area (Å²) in [5, 5.41) is 7.42. The van der Waals surface area contributed by atoms with Gasteiger partial charge in [-0.2, -0.15) is 0 Å². The summed E-state index contributed by atoms with van der Waals surface area (Å²) in [6.45, 7) is 1.08. The molecule has 0 aromatic carbocycles. The topological polar surface area (TPSA) is 54.4 Å². The summed E-state index contributed by atoms with van der Waals surface area (Å²) in [5.41, 5.74) is 0. The van der Waals surface area contributed by atoms with Crippen LogP contribution in [0.15, 0.2) is 0 Å². The van der Waals surface area contributed by atoms with Gasteiger partial charge in [-0.3, -0.25) is 4.79 Å². The Labute approximate surface area is 62.3 Å². The number of hydrogen-bond donors (Lipinski definition) is 1. The number of carboxylic acids is 1. The molecule has 0 saturated heterocycles. The van der Waals surface area contributed by atoms with E-state index in [-0.39, 0.29) is 19.5 Å². The summed E-state index contributed by atoms with van der Waals surface area (Å²) in [7, 11) is 0. The Kier molecular flexibility index (Phi) is 36.1. The molecular formula is C2H4FeO3Zn. The van der Waals surface area contributed by atoms with Gasteiger partial charge in [0.25, 0.3) is 5.97 Å². The summed E-state index contributed by atoms with van der Waals surface area (Å²) in [6, 6.07) is 0. The first-order valence-electron chi connectivity index (χ1n) is 1.07. The largest absolute Gasteiger partial charge is 0 e. The number of hydrogen-bond acceptors (Lipinski definition) is 2. The van der Waals surface area contributed by atoms with E-state index in [1.165, 1.54) is 0 Å². The van der Waals surface area contributed by atoms with Crippen LogP contribution in [-0.4, -0.2) is 11.1 Å². The van der Waals surface area contributed by atoms with E-state index in [2.05, 4.69) is 0 Å². The monoisotopic (exact) mass is 196 g/mol. The van der Waals surface area contributed by atoms with Crippen molar-refractivity contribution in [2.45, 2.75) is 6.92 Å². The Morgan fingerprint density at radius 3 is 1.57 bits per heavy atom. The molecule has 40 valence electrons. The third-order valence-corrected chi connectivity index (χ3v) is 0.